The zero-order chi connectivity index (χ0) is 10.6. The number of hydrogen-bond donors (Lipinski definition) is 0. The topological polar surface area (TPSA) is 29.5 Å². The zero-order valence-corrected chi connectivity index (χ0v) is 9.25. The van der Waals surface area contributed by atoms with Crippen molar-refractivity contribution in [1.29, 1.82) is 0 Å². The molecule has 0 bridgehead atoms. The van der Waals surface area contributed by atoms with E-state index < -0.39 is 0 Å². The molecule has 1 rings (SSSR count). The van der Waals surface area contributed by atoms with Gasteiger partial charge in [-0.2, -0.15) is 0 Å². The summed E-state index contributed by atoms with van der Waals surface area (Å²) < 4.78 is 5.27. The summed E-state index contributed by atoms with van der Waals surface area (Å²) in [7, 11) is 0. The predicted octanol–water partition coefficient (Wildman–Crippen LogP) is 1.59. The molecular weight excluding hydrogens is 178 g/mol. The maximum atomic E-state index is 11.6. The van der Waals surface area contributed by atoms with Crippen LogP contribution < -0.4 is 0 Å². The Morgan fingerprint density at radius 2 is 2.36 bits per heavy atom. The van der Waals surface area contributed by atoms with E-state index in [-0.39, 0.29) is 18.6 Å². The first kappa shape index (κ1) is 11.2. The second-order valence-electron chi connectivity index (χ2n) is 4.00. The second-order valence-corrected chi connectivity index (χ2v) is 4.00. The summed E-state index contributed by atoms with van der Waals surface area (Å²) >= 11 is 0. The third kappa shape index (κ3) is 3.50. The molecule has 0 aromatic carbocycles. The molecule has 0 N–H and O–H groups in total. The number of nitrogens with zero attached hydrogens (tertiary/aromatic N) is 1. The van der Waals surface area contributed by atoms with E-state index in [9.17, 15) is 4.79 Å². The number of carbonyl (C=O) groups is 1. The summed E-state index contributed by atoms with van der Waals surface area (Å²) in [5, 5.41) is 0. The van der Waals surface area contributed by atoms with Crippen LogP contribution in [-0.2, 0) is 9.53 Å². The summed E-state index contributed by atoms with van der Waals surface area (Å²) in [5.74, 6) is 0.0995. The molecular formula is C11H19NO2. The maximum Gasteiger partial charge on any atom is 0.248 e. The molecule has 0 saturated carbocycles. The third-order valence-corrected chi connectivity index (χ3v) is 2.33. The average Bonchev–Trinajstić information content (AvgIpc) is 2.15. The fourth-order valence-electron chi connectivity index (χ4n) is 1.33. The minimum atomic E-state index is 0.0995. The van der Waals surface area contributed by atoms with Crippen LogP contribution in [0.2, 0.25) is 0 Å². The van der Waals surface area contributed by atoms with E-state index in [1.807, 2.05) is 18.7 Å². The van der Waals surface area contributed by atoms with Crippen LogP contribution >= 0.6 is 0 Å². The highest BCUT2D eigenvalue weighted by atomic mass is 16.5. The fourth-order valence-corrected chi connectivity index (χ4v) is 1.33. The van der Waals surface area contributed by atoms with Crippen LogP contribution in [0.5, 0.6) is 0 Å². The Labute approximate surface area is 85.7 Å². The molecule has 0 spiro atoms. The van der Waals surface area contributed by atoms with E-state index in [4.69, 9.17) is 4.74 Å². The first-order valence-corrected chi connectivity index (χ1v) is 5.14. The van der Waals surface area contributed by atoms with Gasteiger partial charge in [0, 0.05) is 13.1 Å². The van der Waals surface area contributed by atoms with Crippen molar-refractivity contribution < 1.29 is 9.53 Å². The predicted molar refractivity (Wildman–Crippen MR) is 56.0 cm³/mol. The fraction of sp³-hybridized carbons (Fsp3) is 0.727. The van der Waals surface area contributed by atoms with E-state index >= 15 is 0 Å². The molecule has 1 aliphatic heterocycles. The highest BCUT2D eigenvalue weighted by Gasteiger charge is 2.15. The second kappa shape index (κ2) is 5.15. The van der Waals surface area contributed by atoms with Gasteiger partial charge in [0.1, 0.15) is 6.61 Å². The Kier molecular flexibility index (Phi) is 4.14. The van der Waals surface area contributed by atoms with E-state index in [0.29, 0.717) is 0 Å². The van der Waals surface area contributed by atoms with Crippen LogP contribution in [0.3, 0.4) is 0 Å². The number of rotatable bonds is 3. The van der Waals surface area contributed by atoms with Gasteiger partial charge in [-0.15, -0.1) is 0 Å². The Bertz CT molecular complexity index is 233. The van der Waals surface area contributed by atoms with Crippen molar-refractivity contribution in [3.8, 4) is 0 Å². The van der Waals surface area contributed by atoms with Gasteiger partial charge in [-0.1, -0.05) is 11.6 Å². The van der Waals surface area contributed by atoms with Gasteiger partial charge in [-0.05, 0) is 27.2 Å². The van der Waals surface area contributed by atoms with Crippen LogP contribution in [0.1, 0.15) is 27.2 Å². The van der Waals surface area contributed by atoms with E-state index in [2.05, 4.69) is 13.0 Å². The molecule has 3 nitrogen and oxygen atoms in total. The maximum absolute atomic E-state index is 11.6. The van der Waals surface area contributed by atoms with Crippen molar-refractivity contribution in [2.24, 2.45) is 0 Å². The van der Waals surface area contributed by atoms with E-state index in [1.165, 1.54) is 5.57 Å². The van der Waals surface area contributed by atoms with Crippen LogP contribution in [0, 0.1) is 0 Å². The lowest BCUT2D eigenvalue weighted by atomic mass is 10.1. The SMILES string of the molecule is CC1=CCN(C(=O)COC(C)C)CC1. The molecule has 80 valence electrons. The van der Waals surface area contributed by atoms with Crippen LogP contribution in [0.4, 0.5) is 0 Å². The molecule has 14 heavy (non-hydrogen) atoms. The van der Waals surface area contributed by atoms with Crippen LogP contribution in [0.15, 0.2) is 11.6 Å². The monoisotopic (exact) mass is 197 g/mol. The molecule has 1 amide bonds. The van der Waals surface area contributed by atoms with Crippen molar-refractivity contribution in [1.82, 2.24) is 4.90 Å². The molecule has 1 aliphatic rings. The average molecular weight is 197 g/mol. The molecule has 0 aliphatic carbocycles. The first-order valence-electron chi connectivity index (χ1n) is 5.14. The number of carbonyl (C=O) groups excluding carboxylic acids is 1. The van der Waals surface area contributed by atoms with Crippen molar-refractivity contribution in [2.45, 2.75) is 33.3 Å². The number of ether oxygens (including phenoxy) is 1. The molecule has 0 aromatic heterocycles. The van der Waals surface area contributed by atoms with Crippen molar-refractivity contribution in [3.05, 3.63) is 11.6 Å². The minimum Gasteiger partial charge on any atom is -0.369 e. The Morgan fingerprint density at radius 1 is 1.64 bits per heavy atom. The van der Waals surface area contributed by atoms with E-state index in [0.717, 1.165) is 19.5 Å². The summed E-state index contributed by atoms with van der Waals surface area (Å²) in [6.45, 7) is 7.77. The molecule has 0 radical (unpaired) electrons. The van der Waals surface area contributed by atoms with Gasteiger partial charge in [-0.3, -0.25) is 4.79 Å². The van der Waals surface area contributed by atoms with Gasteiger partial charge in [0.25, 0.3) is 0 Å². The highest BCUT2D eigenvalue weighted by molar-refractivity contribution is 5.77. The van der Waals surface area contributed by atoms with Crippen molar-refractivity contribution >= 4 is 5.91 Å². The Morgan fingerprint density at radius 3 is 2.86 bits per heavy atom. The smallest absolute Gasteiger partial charge is 0.248 e. The largest absolute Gasteiger partial charge is 0.369 e. The quantitative estimate of drug-likeness (QED) is 0.643. The van der Waals surface area contributed by atoms with Crippen LogP contribution in [0.25, 0.3) is 0 Å². The first-order chi connectivity index (χ1) is 6.59. The lowest BCUT2D eigenvalue weighted by Crippen LogP contribution is -2.37. The molecule has 0 unspecified atom stereocenters. The molecule has 3 heteroatoms. The standard InChI is InChI=1S/C11H19NO2/c1-9(2)14-8-11(13)12-6-4-10(3)5-7-12/h4,9H,5-8H2,1-3H3. The molecule has 0 aromatic rings. The molecule has 0 fully saturated rings. The minimum absolute atomic E-state index is 0.0995. The Balaban J connectivity index is 2.32. The lowest BCUT2D eigenvalue weighted by Gasteiger charge is -2.25. The van der Waals surface area contributed by atoms with Gasteiger partial charge in [0.15, 0.2) is 0 Å². The molecule has 1 heterocycles. The number of amides is 1. The van der Waals surface area contributed by atoms with E-state index in [1.54, 1.807) is 0 Å². The highest BCUT2D eigenvalue weighted by Crippen LogP contribution is 2.09. The lowest BCUT2D eigenvalue weighted by molar-refractivity contribution is -0.137. The van der Waals surface area contributed by atoms with Crippen LogP contribution in [-0.4, -0.2) is 36.6 Å². The van der Waals surface area contributed by atoms with Crippen molar-refractivity contribution in [3.63, 3.8) is 0 Å². The Hall–Kier alpha value is -0.830. The third-order valence-electron chi connectivity index (χ3n) is 2.33. The van der Waals surface area contributed by atoms with Gasteiger partial charge in [0.2, 0.25) is 5.91 Å². The van der Waals surface area contributed by atoms with Gasteiger partial charge in [0.05, 0.1) is 6.10 Å². The summed E-state index contributed by atoms with van der Waals surface area (Å²) in [5.41, 5.74) is 1.37. The summed E-state index contributed by atoms with van der Waals surface area (Å²) in [6.07, 6.45) is 3.23. The molecule has 0 saturated heterocycles. The normalized spacial score (nSPS) is 17.1. The van der Waals surface area contributed by atoms with Gasteiger partial charge < -0.3 is 9.64 Å². The number of hydrogen-bond acceptors (Lipinski definition) is 2. The molecule has 0 atom stereocenters. The van der Waals surface area contributed by atoms with Gasteiger partial charge >= 0.3 is 0 Å². The zero-order valence-electron chi connectivity index (χ0n) is 9.25. The summed E-state index contributed by atoms with van der Waals surface area (Å²) in [4.78, 5) is 13.4. The van der Waals surface area contributed by atoms with Crippen molar-refractivity contribution in [2.75, 3.05) is 19.7 Å². The van der Waals surface area contributed by atoms with Gasteiger partial charge in [-0.25, -0.2) is 0 Å². The summed E-state index contributed by atoms with van der Waals surface area (Å²) in [6, 6.07) is 0.